The Labute approximate surface area is 158 Å². The highest BCUT2D eigenvalue weighted by Crippen LogP contribution is 2.23. The second-order valence-corrected chi connectivity index (χ2v) is 7.26. The molecule has 0 radical (unpaired) electrons. The summed E-state index contributed by atoms with van der Waals surface area (Å²) in [4.78, 5) is 27.0. The first-order valence-corrected chi connectivity index (χ1v) is 9.61. The number of nitrogens with zero attached hydrogens (tertiary/aromatic N) is 4. The number of rotatable bonds is 5. The molecule has 7 nitrogen and oxygen atoms in total. The predicted molar refractivity (Wildman–Crippen MR) is 98.4 cm³/mol. The molecule has 1 aromatic heterocycles. The Morgan fingerprint density at radius 3 is 2.59 bits per heavy atom. The van der Waals surface area contributed by atoms with Gasteiger partial charge >= 0.3 is 0 Å². The van der Waals surface area contributed by atoms with Gasteiger partial charge in [0.1, 0.15) is 0 Å². The molecule has 2 aliphatic heterocycles. The molecular formula is C20H24N4O3. The van der Waals surface area contributed by atoms with Crippen LogP contribution in [0.25, 0.3) is 0 Å². The zero-order valence-electron chi connectivity index (χ0n) is 15.3. The van der Waals surface area contributed by atoms with E-state index < -0.39 is 0 Å². The van der Waals surface area contributed by atoms with Crippen molar-refractivity contribution in [1.82, 2.24) is 19.9 Å². The maximum absolute atomic E-state index is 12.7. The van der Waals surface area contributed by atoms with Gasteiger partial charge in [0.05, 0.1) is 18.8 Å². The molecule has 0 N–H and O–H groups in total. The number of piperidine rings is 1. The molecule has 2 aromatic rings. The molecule has 0 bridgehead atoms. The van der Waals surface area contributed by atoms with Crippen LogP contribution in [0.2, 0.25) is 0 Å². The van der Waals surface area contributed by atoms with Crippen molar-refractivity contribution in [3.63, 3.8) is 0 Å². The Balaban J connectivity index is 1.32. The van der Waals surface area contributed by atoms with Gasteiger partial charge < -0.3 is 9.64 Å². The topological polar surface area (TPSA) is 77.3 Å². The molecule has 7 heteroatoms. The Morgan fingerprint density at radius 2 is 1.89 bits per heavy atom. The van der Waals surface area contributed by atoms with E-state index in [2.05, 4.69) is 10.3 Å². The van der Waals surface area contributed by atoms with E-state index in [-0.39, 0.29) is 23.7 Å². The second kappa shape index (κ2) is 8.00. The van der Waals surface area contributed by atoms with Crippen LogP contribution in [0.15, 0.2) is 36.5 Å². The van der Waals surface area contributed by atoms with Crippen LogP contribution in [0.1, 0.15) is 46.5 Å². The molecule has 27 heavy (non-hydrogen) atoms. The molecule has 2 aliphatic rings. The third kappa shape index (κ3) is 4.08. The van der Waals surface area contributed by atoms with Crippen LogP contribution in [-0.2, 0) is 11.3 Å². The predicted octanol–water partition coefficient (Wildman–Crippen LogP) is 2.19. The van der Waals surface area contributed by atoms with Gasteiger partial charge in [0.25, 0.3) is 5.91 Å². The van der Waals surface area contributed by atoms with Crippen LogP contribution in [0.3, 0.4) is 0 Å². The van der Waals surface area contributed by atoms with Crippen molar-refractivity contribution in [2.24, 2.45) is 5.92 Å². The lowest BCUT2D eigenvalue weighted by Crippen LogP contribution is -2.40. The molecule has 2 saturated heterocycles. The van der Waals surface area contributed by atoms with Gasteiger partial charge in [-0.25, -0.2) is 4.68 Å². The lowest BCUT2D eigenvalue weighted by Gasteiger charge is -2.30. The summed E-state index contributed by atoms with van der Waals surface area (Å²) in [7, 11) is 0. The summed E-state index contributed by atoms with van der Waals surface area (Å²) >= 11 is 0. The van der Waals surface area contributed by atoms with E-state index in [1.807, 2.05) is 30.3 Å². The number of amides is 1. The Hall–Kier alpha value is -2.54. The van der Waals surface area contributed by atoms with Gasteiger partial charge in [0.15, 0.2) is 11.5 Å². The Kier molecular flexibility index (Phi) is 5.29. The smallest absolute Gasteiger partial charge is 0.276 e. The van der Waals surface area contributed by atoms with Crippen LogP contribution < -0.4 is 0 Å². The minimum atomic E-state index is -0.112. The molecule has 0 spiro atoms. The van der Waals surface area contributed by atoms with Crippen molar-refractivity contribution < 1.29 is 14.3 Å². The summed E-state index contributed by atoms with van der Waals surface area (Å²) in [6.45, 7) is 2.57. The van der Waals surface area contributed by atoms with Crippen LogP contribution in [0.4, 0.5) is 0 Å². The van der Waals surface area contributed by atoms with Crippen LogP contribution in [0.5, 0.6) is 0 Å². The molecule has 0 aliphatic carbocycles. The number of ketones is 1. The number of Topliss-reactive ketones (excluding diaryl/α,β-unsaturated/α-hetero) is 1. The monoisotopic (exact) mass is 368 g/mol. The number of likely N-dealkylation sites (tertiary alicyclic amines) is 1. The zero-order valence-corrected chi connectivity index (χ0v) is 15.3. The average molecular weight is 368 g/mol. The molecule has 142 valence electrons. The molecule has 3 heterocycles. The fourth-order valence-electron chi connectivity index (χ4n) is 3.83. The lowest BCUT2D eigenvalue weighted by molar-refractivity contribution is 0.0645. The Morgan fingerprint density at radius 1 is 1.11 bits per heavy atom. The van der Waals surface area contributed by atoms with Crippen molar-refractivity contribution in [3.8, 4) is 0 Å². The first kappa shape index (κ1) is 17.9. The van der Waals surface area contributed by atoms with Gasteiger partial charge in [-0.1, -0.05) is 35.5 Å². The first-order chi connectivity index (χ1) is 13.2. The van der Waals surface area contributed by atoms with Gasteiger partial charge in [-0.2, -0.15) is 0 Å². The van der Waals surface area contributed by atoms with E-state index in [4.69, 9.17) is 4.74 Å². The molecular weight excluding hydrogens is 344 g/mol. The number of hydrogen-bond acceptors (Lipinski definition) is 5. The molecule has 2 fully saturated rings. The number of benzene rings is 1. The van der Waals surface area contributed by atoms with E-state index >= 15 is 0 Å². The van der Waals surface area contributed by atoms with Crippen molar-refractivity contribution in [3.05, 3.63) is 47.8 Å². The van der Waals surface area contributed by atoms with E-state index in [0.29, 0.717) is 38.2 Å². The minimum absolute atomic E-state index is 0.0216. The summed E-state index contributed by atoms with van der Waals surface area (Å²) < 4.78 is 7.29. The standard InChI is InChI=1S/C20H24N4O3/c25-19(15-5-2-1-3-6-15)16-8-10-23(11-9-16)20(26)18-14-24(22-21-18)13-17-7-4-12-27-17/h1-3,5-6,14,16-17H,4,7-13H2/t17-/m0/s1. The number of ether oxygens (including phenoxy) is 1. The summed E-state index contributed by atoms with van der Waals surface area (Å²) in [5.41, 5.74) is 1.11. The van der Waals surface area contributed by atoms with Crippen molar-refractivity contribution in [2.45, 2.75) is 38.3 Å². The van der Waals surface area contributed by atoms with E-state index in [9.17, 15) is 9.59 Å². The third-order valence-corrected chi connectivity index (χ3v) is 5.38. The maximum Gasteiger partial charge on any atom is 0.276 e. The second-order valence-electron chi connectivity index (χ2n) is 7.26. The van der Waals surface area contributed by atoms with Crippen LogP contribution in [0, 0.1) is 5.92 Å². The van der Waals surface area contributed by atoms with E-state index in [1.165, 1.54) is 0 Å². The zero-order chi connectivity index (χ0) is 18.6. The summed E-state index contributed by atoms with van der Waals surface area (Å²) in [6.07, 6.45) is 5.32. The largest absolute Gasteiger partial charge is 0.376 e. The normalized spacial score (nSPS) is 20.7. The maximum atomic E-state index is 12.7. The third-order valence-electron chi connectivity index (χ3n) is 5.38. The van der Waals surface area contributed by atoms with Crippen molar-refractivity contribution in [1.29, 1.82) is 0 Å². The summed E-state index contributed by atoms with van der Waals surface area (Å²) in [5, 5.41) is 8.10. The highest BCUT2D eigenvalue weighted by Gasteiger charge is 2.29. The summed E-state index contributed by atoms with van der Waals surface area (Å²) in [6, 6.07) is 9.38. The molecule has 1 aromatic carbocycles. The van der Waals surface area contributed by atoms with Gasteiger partial charge in [0.2, 0.25) is 0 Å². The average Bonchev–Trinajstić information content (AvgIpc) is 3.40. The molecule has 4 rings (SSSR count). The van der Waals surface area contributed by atoms with E-state index in [0.717, 1.165) is 25.0 Å². The fraction of sp³-hybridized carbons (Fsp3) is 0.500. The minimum Gasteiger partial charge on any atom is -0.376 e. The van der Waals surface area contributed by atoms with Gasteiger partial charge in [0, 0.05) is 31.2 Å². The quantitative estimate of drug-likeness (QED) is 0.756. The molecule has 0 unspecified atom stereocenters. The van der Waals surface area contributed by atoms with Crippen molar-refractivity contribution >= 4 is 11.7 Å². The van der Waals surface area contributed by atoms with Gasteiger partial charge in [-0.05, 0) is 25.7 Å². The van der Waals surface area contributed by atoms with Crippen LogP contribution >= 0.6 is 0 Å². The SMILES string of the molecule is O=C(c1ccccc1)C1CCN(C(=O)c2cn(C[C@@H]3CCCO3)nn2)CC1. The summed E-state index contributed by atoms with van der Waals surface area (Å²) in [5.74, 6) is 0.0380. The van der Waals surface area contributed by atoms with Gasteiger partial charge in [-0.15, -0.1) is 5.10 Å². The van der Waals surface area contributed by atoms with Crippen molar-refractivity contribution in [2.75, 3.05) is 19.7 Å². The fourth-order valence-corrected chi connectivity index (χ4v) is 3.83. The Bertz CT molecular complexity index is 791. The number of carbonyl (C=O) groups excluding carboxylic acids is 2. The number of aromatic nitrogens is 3. The highest BCUT2D eigenvalue weighted by atomic mass is 16.5. The first-order valence-electron chi connectivity index (χ1n) is 9.61. The van der Waals surface area contributed by atoms with Gasteiger partial charge in [-0.3, -0.25) is 9.59 Å². The van der Waals surface area contributed by atoms with E-state index in [1.54, 1.807) is 15.8 Å². The number of carbonyl (C=O) groups is 2. The molecule has 1 amide bonds. The highest BCUT2D eigenvalue weighted by molar-refractivity contribution is 5.98. The molecule has 1 atom stereocenters. The lowest BCUT2D eigenvalue weighted by atomic mass is 9.89. The molecule has 0 saturated carbocycles. The van der Waals surface area contributed by atoms with Crippen LogP contribution in [-0.4, -0.2) is 57.4 Å². The number of hydrogen-bond donors (Lipinski definition) is 0.